The Morgan fingerprint density at radius 3 is 2.76 bits per heavy atom. The predicted molar refractivity (Wildman–Crippen MR) is 128 cm³/mol. The summed E-state index contributed by atoms with van der Waals surface area (Å²) in [5.41, 5.74) is 1.51. The molecule has 2 aromatic heterocycles. The number of nitrogens with zero attached hydrogens (tertiary/aromatic N) is 3. The van der Waals surface area contributed by atoms with E-state index in [4.69, 9.17) is 4.42 Å². The maximum atomic E-state index is 13.8. The van der Waals surface area contributed by atoms with E-state index < -0.39 is 21.9 Å². The molecular weight excluding hydrogens is 477 g/mol. The molecule has 176 valence electrons. The van der Waals surface area contributed by atoms with Crippen molar-refractivity contribution in [1.82, 2.24) is 9.29 Å². The number of halogens is 1. The van der Waals surface area contributed by atoms with Gasteiger partial charge in [-0.1, -0.05) is 29.0 Å². The van der Waals surface area contributed by atoms with Crippen LogP contribution in [0.2, 0.25) is 0 Å². The van der Waals surface area contributed by atoms with Crippen molar-refractivity contribution in [2.75, 3.05) is 11.4 Å². The van der Waals surface area contributed by atoms with Crippen LogP contribution in [0.1, 0.15) is 24.2 Å². The van der Waals surface area contributed by atoms with Gasteiger partial charge in [-0.05, 0) is 62.2 Å². The standard InChI is InChI=1S/C24H22FN3O4S2/c1-16-6-9-19(10-7-16)34(30,31)28-12-2-5-21(28)23(29)27(15-18-4-3-13-32-18)24-26-20-11-8-17(25)14-22(20)33-24/h3-4,6-11,13-14,21H,2,5,12,15H2,1H3. The molecular formula is C24H22FN3O4S2. The molecule has 0 N–H and O–H groups in total. The highest BCUT2D eigenvalue weighted by atomic mass is 32.2. The normalized spacial score (nSPS) is 16.8. The fourth-order valence-electron chi connectivity index (χ4n) is 4.10. The molecule has 1 amide bonds. The Morgan fingerprint density at radius 2 is 2.03 bits per heavy atom. The lowest BCUT2D eigenvalue weighted by molar-refractivity contribution is -0.121. The summed E-state index contributed by atoms with van der Waals surface area (Å²) in [7, 11) is -3.86. The van der Waals surface area contributed by atoms with E-state index in [0.29, 0.717) is 34.0 Å². The molecule has 1 fully saturated rings. The molecule has 0 aliphatic carbocycles. The molecule has 2 aromatic carbocycles. The lowest BCUT2D eigenvalue weighted by atomic mass is 10.2. The number of furan rings is 1. The Morgan fingerprint density at radius 1 is 1.24 bits per heavy atom. The number of amides is 1. The Labute approximate surface area is 200 Å². The second-order valence-electron chi connectivity index (χ2n) is 8.20. The molecule has 1 unspecified atom stereocenters. The highest BCUT2D eigenvalue weighted by Crippen LogP contribution is 2.34. The van der Waals surface area contributed by atoms with E-state index in [1.54, 1.807) is 42.5 Å². The first-order valence-corrected chi connectivity index (χ1v) is 13.1. The number of hydrogen-bond donors (Lipinski definition) is 0. The molecule has 5 rings (SSSR count). The van der Waals surface area contributed by atoms with Crippen LogP contribution in [-0.2, 0) is 21.4 Å². The van der Waals surface area contributed by atoms with Crippen molar-refractivity contribution in [3.63, 3.8) is 0 Å². The first kappa shape index (κ1) is 22.7. The first-order chi connectivity index (χ1) is 16.3. The minimum atomic E-state index is -3.86. The minimum Gasteiger partial charge on any atom is -0.467 e. The van der Waals surface area contributed by atoms with Crippen molar-refractivity contribution < 1.29 is 22.0 Å². The van der Waals surface area contributed by atoms with Gasteiger partial charge in [0.05, 0.1) is 27.9 Å². The van der Waals surface area contributed by atoms with E-state index >= 15 is 0 Å². The first-order valence-electron chi connectivity index (χ1n) is 10.8. The largest absolute Gasteiger partial charge is 0.467 e. The number of thiazole rings is 1. The number of benzene rings is 2. The molecule has 1 saturated heterocycles. The molecule has 1 aliphatic rings. The summed E-state index contributed by atoms with van der Waals surface area (Å²) >= 11 is 1.18. The molecule has 0 radical (unpaired) electrons. The van der Waals surface area contributed by atoms with Gasteiger partial charge in [0.2, 0.25) is 15.9 Å². The summed E-state index contributed by atoms with van der Waals surface area (Å²) in [6, 6.07) is 13.4. The quantitative estimate of drug-likeness (QED) is 0.383. The van der Waals surface area contributed by atoms with Gasteiger partial charge in [-0.3, -0.25) is 9.69 Å². The summed E-state index contributed by atoms with van der Waals surface area (Å²) in [6.07, 6.45) is 2.48. The average molecular weight is 500 g/mol. The van der Waals surface area contributed by atoms with Crippen LogP contribution in [0.4, 0.5) is 9.52 Å². The van der Waals surface area contributed by atoms with Gasteiger partial charge in [0, 0.05) is 6.54 Å². The van der Waals surface area contributed by atoms with Gasteiger partial charge in [-0.2, -0.15) is 4.31 Å². The second-order valence-corrected chi connectivity index (χ2v) is 11.1. The van der Waals surface area contributed by atoms with Crippen LogP contribution in [0.5, 0.6) is 0 Å². The van der Waals surface area contributed by atoms with Crippen molar-refractivity contribution in [2.45, 2.75) is 37.2 Å². The zero-order valence-corrected chi connectivity index (χ0v) is 20.0. The number of carbonyl (C=O) groups excluding carboxylic acids is 1. The van der Waals surface area contributed by atoms with Gasteiger partial charge < -0.3 is 4.42 Å². The molecule has 1 aliphatic heterocycles. The van der Waals surface area contributed by atoms with E-state index in [1.165, 1.54) is 38.9 Å². The molecule has 3 heterocycles. The van der Waals surface area contributed by atoms with Crippen LogP contribution in [0, 0.1) is 12.7 Å². The summed E-state index contributed by atoms with van der Waals surface area (Å²) in [4.78, 5) is 20.0. The Balaban J connectivity index is 1.51. The number of anilines is 1. The van der Waals surface area contributed by atoms with Crippen LogP contribution < -0.4 is 4.90 Å². The third kappa shape index (κ3) is 4.24. The van der Waals surface area contributed by atoms with Crippen molar-refractivity contribution in [3.8, 4) is 0 Å². The van der Waals surface area contributed by atoms with Crippen LogP contribution in [0.15, 0.2) is 70.2 Å². The van der Waals surface area contributed by atoms with Crippen molar-refractivity contribution in [2.24, 2.45) is 0 Å². The SMILES string of the molecule is Cc1ccc(S(=O)(=O)N2CCCC2C(=O)N(Cc2ccco2)c2nc3ccc(F)cc3s2)cc1. The van der Waals surface area contributed by atoms with Crippen LogP contribution in [0.25, 0.3) is 10.2 Å². The van der Waals surface area contributed by atoms with Crippen molar-refractivity contribution in [3.05, 3.63) is 78.0 Å². The fraction of sp³-hybridized carbons (Fsp3) is 0.250. The van der Waals surface area contributed by atoms with E-state index in [-0.39, 0.29) is 23.9 Å². The average Bonchev–Trinajstić information content (AvgIpc) is 3.57. The van der Waals surface area contributed by atoms with Gasteiger partial charge in [0.1, 0.15) is 17.6 Å². The monoisotopic (exact) mass is 499 g/mol. The second kappa shape index (κ2) is 8.94. The number of fused-ring (bicyclic) bond motifs is 1. The third-order valence-electron chi connectivity index (χ3n) is 5.85. The molecule has 34 heavy (non-hydrogen) atoms. The van der Waals surface area contributed by atoms with Gasteiger partial charge in [0.25, 0.3) is 0 Å². The number of aryl methyl sites for hydroxylation is 1. The Bertz CT molecular complexity index is 1430. The number of rotatable bonds is 6. The number of aromatic nitrogens is 1. The lowest BCUT2D eigenvalue weighted by Gasteiger charge is -2.28. The van der Waals surface area contributed by atoms with Gasteiger partial charge in [0.15, 0.2) is 5.13 Å². The van der Waals surface area contributed by atoms with E-state index in [1.807, 2.05) is 6.92 Å². The molecule has 0 bridgehead atoms. The highest BCUT2D eigenvalue weighted by Gasteiger charge is 2.42. The smallest absolute Gasteiger partial charge is 0.247 e. The van der Waals surface area contributed by atoms with E-state index in [0.717, 1.165) is 5.56 Å². The zero-order valence-electron chi connectivity index (χ0n) is 18.3. The molecule has 10 heteroatoms. The van der Waals surface area contributed by atoms with Crippen molar-refractivity contribution >= 4 is 42.6 Å². The minimum absolute atomic E-state index is 0.0864. The molecule has 0 saturated carbocycles. The van der Waals surface area contributed by atoms with Crippen molar-refractivity contribution in [1.29, 1.82) is 0 Å². The third-order valence-corrected chi connectivity index (χ3v) is 8.81. The fourth-order valence-corrected chi connectivity index (χ4v) is 6.75. The molecule has 0 spiro atoms. The predicted octanol–water partition coefficient (Wildman–Crippen LogP) is 4.72. The summed E-state index contributed by atoms with van der Waals surface area (Å²) < 4.78 is 47.9. The summed E-state index contributed by atoms with van der Waals surface area (Å²) in [5.74, 6) is -0.244. The van der Waals surface area contributed by atoms with Crippen LogP contribution in [-0.4, -0.2) is 36.2 Å². The van der Waals surface area contributed by atoms with E-state index in [9.17, 15) is 17.6 Å². The van der Waals surface area contributed by atoms with Gasteiger partial charge >= 0.3 is 0 Å². The Kier molecular flexibility index (Phi) is 5.97. The molecule has 7 nitrogen and oxygen atoms in total. The number of carbonyl (C=O) groups is 1. The Hall–Kier alpha value is -3.08. The maximum Gasteiger partial charge on any atom is 0.247 e. The van der Waals surface area contributed by atoms with Gasteiger partial charge in [-0.25, -0.2) is 17.8 Å². The summed E-state index contributed by atoms with van der Waals surface area (Å²) in [5, 5.41) is 0.363. The van der Waals surface area contributed by atoms with Crippen LogP contribution >= 0.6 is 11.3 Å². The van der Waals surface area contributed by atoms with Gasteiger partial charge in [-0.15, -0.1) is 0 Å². The molecule has 1 atom stereocenters. The highest BCUT2D eigenvalue weighted by molar-refractivity contribution is 7.89. The topological polar surface area (TPSA) is 83.7 Å². The van der Waals surface area contributed by atoms with Crippen LogP contribution in [0.3, 0.4) is 0 Å². The zero-order chi connectivity index (χ0) is 23.9. The van der Waals surface area contributed by atoms with E-state index in [2.05, 4.69) is 4.98 Å². The number of hydrogen-bond acceptors (Lipinski definition) is 6. The lowest BCUT2D eigenvalue weighted by Crippen LogP contribution is -2.47. The number of sulfonamides is 1. The maximum absolute atomic E-state index is 13.8. The molecule has 4 aromatic rings. The summed E-state index contributed by atoms with van der Waals surface area (Å²) in [6.45, 7) is 2.23.